The van der Waals surface area contributed by atoms with Crippen molar-refractivity contribution in [2.24, 2.45) is 10.9 Å². The Morgan fingerprint density at radius 3 is 2.60 bits per heavy atom. The van der Waals surface area contributed by atoms with E-state index in [1.165, 1.54) is 24.0 Å². The first-order valence-corrected chi connectivity index (χ1v) is 10.6. The number of aliphatic imine (C=N–C) groups is 1. The van der Waals surface area contributed by atoms with Crippen LogP contribution >= 0.6 is 0 Å². The van der Waals surface area contributed by atoms with Crippen LogP contribution < -0.4 is 0 Å². The second-order valence-electron chi connectivity index (χ2n) is 7.96. The molecule has 35 heavy (non-hydrogen) atoms. The number of methoxy groups -OCH3 is 1. The monoisotopic (exact) mass is 497 g/mol. The van der Waals surface area contributed by atoms with Gasteiger partial charge >= 0.3 is 18.1 Å². The minimum atomic E-state index is -5.10. The van der Waals surface area contributed by atoms with Crippen LogP contribution in [0.25, 0.3) is 0 Å². The Morgan fingerprint density at radius 2 is 2.03 bits per heavy atom. The van der Waals surface area contributed by atoms with Gasteiger partial charge in [0.05, 0.1) is 24.2 Å². The Morgan fingerprint density at radius 1 is 1.31 bits per heavy atom. The number of ether oxygens (including phenoxy) is 2. The molecule has 13 heteroatoms. The highest BCUT2D eigenvalue weighted by atomic mass is 19.4. The molecule has 1 saturated heterocycles. The largest absolute Gasteiger partial charge is 0.468 e. The van der Waals surface area contributed by atoms with E-state index in [2.05, 4.69) is 4.99 Å². The molecule has 0 saturated carbocycles. The van der Waals surface area contributed by atoms with E-state index in [9.17, 15) is 37.7 Å². The molecule has 0 bridgehead atoms. The number of alkyl halides is 3. The lowest BCUT2D eigenvalue weighted by Crippen LogP contribution is -2.39. The SMILES string of the molecule is COC(=O)C1C(C)=NC(C(F)(F)F)=C(C(=O)OCCN2CCCC2=O)C1c1cccc([N+](=O)[O-])c1. The molecule has 1 fully saturated rings. The molecule has 10 nitrogen and oxygen atoms in total. The lowest BCUT2D eigenvalue weighted by Gasteiger charge is -2.32. The molecule has 2 aliphatic heterocycles. The summed E-state index contributed by atoms with van der Waals surface area (Å²) in [6, 6.07) is 4.62. The summed E-state index contributed by atoms with van der Waals surface area (Å²) >= 11 is 0. The number of hydrogen-bond donors (Lipinski definition) is 0. The highest BCUT2D eigenvalue weighted by Gasteiger charge is 2.50. The van der Waals surface area contributed by atoms with E-state index >= 15 is 0 Å². The highest BCUT2D eigenvalue weighted by molar-refractivity contribution is 6.07. The summed E-state index contributed by atoms with van der Waals surface area (Å²) in [6.07, 6.45) is -4.14. The number of carbonyl (C=O) groups excluding carboxylic acids is 3. The number of halogens is 3. The third-order valence-corrected chi connectivity index (χ3v) is 5.79. The number of nitrogens with zero attached hydrogens (tertiary/aromatic N) is 3. The van der Waals surface area contributed by atoms with Gasteiger partial charge in [0, 0.05) is 36.7 Å². The van der Waals surface area contributed by atoms with E-state index in [0.29, 0.717) is 19.4 Å². The summed E-state index contributed by atoms with van der Waals surface area (Å²) < 4.78 is 51.8. The molecule has 1 aromatic rings. The third kappa shape index (κ3) is 5.49. The van der Waals surface area contributed by atoms with Gasteiger partial charge in [-0.15, -0.1) is 0 Å². The minimum Gasteiger partial charge on any atom is -0.468 e. The van der Waals surface area contributed by atoms with Crippen molar-refractivity contribution in [3.63, 3.8) is 0 Å². The van der Waals surface area contributed by atoms with Crippen molar-refractivity contribution < 1.29 is 42.0 Å². The topological polar surface area (TPSA) is 128 Å². The third-order valence-electron chi connectivity index (χ3n) is 5.79. The van der Waals surface area contributed by atoms with E-state index < -0.39 is 51.8 Å². The predicted octanol–water partition coefficient (Wildman–Crippen LogP) is 2.92. The van der Waals surface area contributed by atoms with Gasteiger partial charge in [-0.2, -0.15) is 13.2 Å². The summed E-state index contributed by atoms with van der Waals surface area (Å²) in [6.45, 7) is 1.23. The molecule has 3 rings (SSSR count). The van der Waals surface area contributed by atoms with E-state index in [1.807, 2.05) is 0 Å². The van der Waals surface area contributed by atoms with Crippen LogP contribution in [0.1, 0.15) is 31.2 Å². The normalized spacial score (nSPS) is 20.5. The number of hydrogen-bond acceptors (Lipinski definition) is 8. The van der Waals surface area contributed by atoms with Crippen LogP contribution in [0.3, 0.4) is 0 Å². The molecule has 188 valence electrons. The fraction of sp³-hybridized carbons (Fsp3) is 0.455. The van der Waals surface area contributed by atoms with Crippen molar-refractivity contribution in [3.8, 4) is 0 Å². The summed E-state index contributed by atoms with van der Waals surface area (Å²) in [5.41, 5.74) is -3.34. The zero-order valence-electron chi connectivity index (χ0n) is 18.8. The summed E-state index contributed by atoms with van der Waals surface area (Å²) in [4.78, 5) is 52.8. The van der Waals surface area contributed by atoms with Gasteiger partial charge in [-0.05, 0) is 18.9 Å². The maximum atomic E-state index is 14.0. The fourth-order valence-corrected chi connectivity index (χ4v) is 4.19. The molecule has 0 spiro atoms. The van der Waals surface area contributed by atoms with Crippen LogP contribution in [0.4, 0.5) is 18.9 Å². The summed E-state index contributed by atoms with van der Waals surface area (Å²) in [5, 5.41) is 11.3. The maximum Gasteiger partial charge on any atom is 0.433 e. The van der Waals surface area contributed by atoms with Crippen molar-refractivity contribution in [1.29, 1.82) is 0 Å². The maximum absolute atomic E-state index is 14.0. The molecule has 0 aliphatic carbocycles. The van der Waals surface area contributed by atoms with Crippen molar-refractivity contribution in [2.45, 2.75) is 31.9 Å². The highest BCUT2D eigenvalue weighted by Crippen LogP contribution is 2.45. The average molecular weight is 497 g/mol. The molecule has 0 N–H and O–H groups in total. The first kappa shape index (κ1) is 25.8. The molecule has 2 aliphatic rings. The van der Waals surface area contributed by atoms with Crippen molar-refractivity contribution in [3.05, 3.63) is 51.2 Å². The zero-order chi connectivity index (χ0) is 25.9. The van der Waals surface area contributed by atoms with Gasteiger partial charge in [-0.25, -0.2) is 4.79 Å². The van der Waals surface area contributed by atoms with Crippen LogP contribution in [-0.4, -0.2) is 66.4 Å². The van der Waals surface area contributed by atoms with Gasteiger partial charge in [0.2, 0.25) is 5.91 Å². The van der Waals surface area contributed by atoms with Crippen LogP contribution in [0.2, 0.25) is 0 Å². The number of non-ortho nitro benzene ring substituents is 1. The Balaban J connectivity index is 2.08. The Labute approximate surface area is 197 Å². The molecule has 0 aromatic heterocycles. The Hall–Kier alpha value is -3.77. The summed E-state index contributed by atoms with van der Waals surface area (Å²) in [7, 11) is 1.02. The molecule has 1 aromatic carbocycles. The van der Waals surface area contributed by atoms with Crippen LogP contribution in [0.15, 0.2) is 40.5 Å². The second kappa shape index (κ2) is 10.2. The number of benzene rings is 1. The van der Waals surface area contributed by atoms with Gasteiger partial charge < -0.3 is 14.4 Å². The number of nitro benzene ring substituents is 1. The van der Waals surface area contributed by atoms with Crippen LogP contribution in [0, 0.1) is 16.0 Å². The van der Waals surface area contributed by atoms with Gasteiger partial charge in [-0.1, -0.05) is 12.1 Å². The van der Waals surface area contributed by atoms with E-state index in [-0.39, 0.29) is 30.3 Å². The van der Waals surface area contributed by atoms with Crippen LogP contribution in [0.5, 0.6) is 0 Å². The number of esters is 2. The van der Waals surface area contributed by atoms with E-state index in [4.69, 9.17) is 9.47 Å². The van der Waals surface area contributed by atoms with Crippen molar-refractivity contribution in [1.82, 2.24) is 4.90 Å². The van der Waals surface area contributed by atoms with E-state index in [0.717, 1.165) is 19.2 Å². The van der Waals surface area contributed by atoms with Crippen molar-refractivity contribution >= 4 is 29.2 Å². The standard InChI is InChI=1S/C22H22F3N3O7/c1-12-16(20(30)34-2)17(13-5-3-6-14(11-13)28(32)33)18(19(26-12)22(23,24)25)21(31)35-10-9-27-8-4-7-15(27)29/h3,5-6,11,16-17H,4,7-10H2,1-2H3. The molecule has 1 amide bonds. The number of amides is 1. The van der Waals surface area contributed by atoms with Crippen LogP contribution in [-0.2, 0) is 23.9 Å². The summed E-state index contributed by atoms with van der Waals surface area (Å²) in [5.74, 6) is -5.61. The molecular formula is C22H22F3N3O7. The predicted molar refractivity (Wildman–Crippen MR) is 114 cm³/mol. The molecule has 2 unspecified atom stereocenters. The zero-order valence-corrected chi connectivity index (χ0v) is 18.8. The van der Waals surface area contributed by atoms with Gasteiger partial charge in [0.15, 0.2) is 5.70 Å². The van der Waals surface area contributed by atoms with Gasteiger partial charge in [0.25, 0.3) is 5.69 Å². The van der Waals surface area contributed by atoms with Crippen molar-refractivity contribution in [2.75, 3.05) is 26.8 Å². The minimum absolute atomic E-state index is 0.0105. The number of likely N-dealkylation sites (tertiary alicyclic amines) is 1. The van der Waals surface area contributed by atoms with Gasteiger partial charge in [-0.3, -0.25) is 24.7 Å². The number of carbonyl (C=O) groups is 3. The Kier molecular flexibility index (Phi) is 7.56. The molecule has 2 heterocycles. The number of rotatable bonds is 7. The first-order valence-electron chi connectivity index (χ1n) is 10.6. The second-order valence-corrected chi connectivity index (χ2v) is 7.96. The Bertz CT molecular complexity index is 1110. The van der Waals surface area contributed by atoms with E-state index in [1.54, 1.807) is 0 Å². The average Bonchev–Trinajstić information content (AvgIpc) is 3.21. The number of nitro groups is 1. The number of allylic oxidation sites excluding steroid dienone is 1. The first-order chi connectivity index (χ1) is 16.5. The fourth-order valence-electron chi connectivity index (χ4n) is 4.19. The lowest BCUT2D eigenvalue weighted by molar-refractivity contribution is -0.384. The lowest BCUT2D eigenvalue weighted by atomic mass is 9.75. The smallest absolute Gasteiger partial charge is 0.433 e. The quantitative estimate of drug-likeness (QED) is 0.322. The molecule has 0 radical (unpaired) electrons. The van der Waals surface area contributed by atoms with Gasteiger partial charge in [0.1, 0.15) is 12.5 Å². The molecular weight excluding hydrogens is 475 g/mol. The molecule has 2 atom stereocenters.